The van der Waals surface area contributed by atoms with E-state index < -0.39 is 17.2 Å². The minimum Gasteiger partial charge on any atom is -0.370 e. The van der Waals surface area contributed by atoms with Gasteiger partial charge in [-0.25, -0.2) is 8.78 Å². The molecule has 5 heteroatoms. The van der Waals surface area contributed by atoms with Crippen LogP contribution in [0.5, 0.6) is 0 Å². The standard InChI is InChI=1S/C13H17F2N3/c1-3-7-18-12(16)17-8-13(18,2)11-9(14)5-4-6-10(11)15/h4-6H,3,7-8H2,1-2H3,(H2,16,17). The fourth-order valence-corrected chi connectivity index (χ4v) is 2.47. The van der Waals surface area contributed by atoms with Gasteiger partial charge in [0.2, 0.25) is 0 Å². The second kappa shape index (κ2) is 4.55. The molecule has 1 heterocycles. The molecule has 1 aliphatic heterocycles. The van der Waals surface area contributed by atoms with Gasteiger partial charge in [-0.2, -0.15) is 0 Å². The van der Waals surface area contributed by atoms with Gasteiger partial charge in [-0.3, -0.25) is 4.99 Å². The molecule has 0 amide bonds. The molecular formula is C13H17F2N3. The molecule has 0 saturated heterocycles. The summed E-state index contributed by atoms with van der Waals surface area (Å²) in [6, 6.07) is 3.89. The SMILES string of the molecule is CCCN1C(N)=NCC1(C)c1c(F)cccc1F. The highest BCUT2D eigenvalue weighted by atomic mass is 19.1. The van der Waals surface area contributed by atoms with Gasteiger partial charge in [-0.1, -0.05) is 13.0 Å². The Morgan fingerprint density at radius 2 is 2.00 bits per heavy atom. The van der Waals surface area contributed by atoms with Crippen LogP contribution in [0.4, 0.5) is 8.78 Å². The van der Waals surface area contributed by atoms with Crippen LogP contribution in [-0.4, -0.2) is 23.9 Å². The number of hydrogen-bond acceptors (Lipinski definition) is 3. The van der Waals surface area contributed by atoms with Crippen molar-refractivity contribution in [1.82, 2.24) is 4.90 Å². The molecule has 18 heavy (non-hydrogen) atoms. The highest BCUT2D eigenvalue weighted by Crippen LogP contribution is 2.35. The third-order valence-electron chi connectivity index (χ3n) is 3.37. The van der Waals surface area contributed by atoms with E-state index in [1.807, 2.05) is 6.92 Å². The molecular weight excluding hydrogens is 236 g/mol. The Morgan fingerprint density at radius 3 is 2.56 bits per heavy atom. The normalized spacial score (nSPS) is 23.3. The minimum absolute atomic E-state index is 0.0441. The quantitative estimate of drug-likeness (QED) is 0.897. The van der Waals surface area contributed by atoms with Gasteiger partial charge >= 0.3 is 0 Å². The summed E-state index contributed by atoms with van der Waals surface area (Å²) >= 11 is 0. The van der Waals surface area contributed by atoms with Crippen LogP contribution >= 0.6 is 0 Å². The molecule has 2 N–H and O–H groups in total. The van der Waals surface area contributed by atoms with Gasteiger partial charge in [0.25, 0.3) is 0 Å². The Balaban J connectivity index is 2.48. The smallest absolute Gasteiger partial charge is 0.192 e. The lowest BCUT2D eigenvalue weighted by atomic mass is 9.90. The third-order valence-corrected chi connectivity index (χ3v) is 3.37. The zero-order valence-electron chi connectivity index (χ0n) is 10.6. The maximum atomic E-state index is 13.9. The fraction of sp³-hybridized carbons (Fsp3) is 0.462. The van der Waals surface area contributed by atoms with Gasteiger partial charge in [-0.15, -0.1) is 0 Å². The molecule has 1 atom stereocenters. The number of halogens is 2. The maximum absolute atomic E-state index is 13.9. The summed E-state index contributed by atoms with van der Waals surface area (Å²) in [5, 5.41) is 0. The number of rotatable bonds is 3. The number of nitrogens with two attached hydrogens (primary N) is 1. The Labute approximate surface area is 105 Å². The first kappa shape index (κ1) is 12.8. The molecule has 0 bridgehead atoms. The van der Waals surface area contributed by atoms with Crippen molar-refractivity contribution in [2.45, 2.75) is 25.8 Å². The van der Waals surface area contributed by atoms with E-state index in [2.05, 4.69) is 4.99 Å². The molecule has 0 saturated carbocycles. The van der Waals surface area contributed by atoms with Crippen molar-refractivity contribution in [2.24, 2.45) is 10.7 Å². The van der Waals surface area contributed by atoms with Crippen LogP contribution in [0.1, 0.15) is 25.8 Å². The molecule has 1 unspecified atom stereocenters. The number of benzene rings is 1. The summed E-state index contributed by atoms with van der Waals surface area (Å²) in [5.41, 5.74) is 5.02. The summed E-state index contributed by atoms with van der Waals surface area (Å²) in [4.78, 5) is 5.91. The Kier molecular flexibility index (Phi) is 3.24. The van der Waals surface area contributed by atoms with Crippen LogP contribution < -0.4 is 5.73 Å². The maximum Gasteiger partial charge on any atom is 0.192 e. The number of nitrogens with zero attached hydrogens (tertiary/aromatic N) is 2. The monoisotopic (exact) mass is 253 g/mol. The van der Waals surface area contributed by atoms with E-state index in [9.17, 15) is 8.78 Å². The Hall–Kier alpha value is -1.65. The Morgan fingerprint density at radius 1 is 1.39 bits per heavy atom. The lowest BCUT2D eigenvalue weighted by molar-refractivity contribution is 0.211. The van der Waals surface area contributed by atoms with Gasteiger partial charge in [-0.05, 0) is 25.5 Å². The molecule has 0 spiro atoms. The van der Waals surface area contributed by atoms with Crippen molar-refractivity contribution in [1.29, 1.82) is 0 Å². The van der Waals surface area contributed by atoms with Crippen molar-refractivity contribution in [3.63, 3.8) is 0 Å². The highest BCUT2D eigenvalue weighted by molar-refractivity contribution is 5.81. The highest BCUT2D eigenvalue weighted by Gasteiger charge is 2.42. The predicted octanol–water partition coefficient (Wildman–Crippen LogP) is 2.22. The van der Waals surface area contributed by atoms with E-state index >= 15 is 0 Å². The largest absolute Gasteiger partial charge is 0.370 e. The third kappa shape index (κ3) is 1.83. The first-order valence-electron chi connectivity index (χ1n) is 6.02. The topological polar surface area (TPSA) is 41.6 Å². The van der Waals surface area contributed by atoms with E-state index in [4.69, 9.17) is 5.73 Å². The van der Waals surface area contributed by atoms with Crippen LogP contribution in [0.3, 0.4) is 0 Å². The summed E-state index contributed by atoms with van der Waals surface area (Å²) in [6.07, 6.45) is 0.835. The van der Waals surface area contributed by atoms with Gasteiger partial charge in [0.05, 0.1) is 17.6 Å². The zero-order chi connectivity index (χ0) is 13.3. The summed E-state index contributed by atoms with van der Waals surface area (Å²) in [7, 11) is 0. The van der Waals surface area contributed by atoms with Crippen LogP contribution in [0.2, 0.25) is 0 Å². The van der Waals surface area contributed by atoms with Crippen molar-refractivity contribution in [3.8, 4) is 0 Å². The molecule has 0 fully saturated rings. The van der Waals surface area contributed by atoms with E-state index in [0.717, 1.165) is 6.42 Å². The molecule has 1 aliphatic rings. The van der Waals surface area contributed by atoms with Crippen LogP contribution in [-0.2, 0) is 5.54 Å². The second-order valence-electron chi connectivity index (χ2n) is 4.70. The van der Waals surface area contributed by atoms with Crippen LogP contribution in [0, 0.1) is 11.6 Å². The van der Waals surface area contributed by atoms with E-state index in [1.54, 1.807) is 11.8 Å². The van der Waals surface area contributed by atoms with E-state index in [0.29, 0.717) is 12.5 Å². The average Bonchev–Trinajstić information content (AvgIpc) is 2.58. The van der Waals surface area contributed by atoms with Gasteiger partial charge < -0.3 is 10.6 Å². The van der Waals surface area contributed by atoms with Crippen LogP contribution in [0.25, 0.3) is 0 Å². The number of aliphatic imine (C=N–C) groups is 1. The summed E-state index contributed by atoms with van der Waals surface area (Å²) in [5.74, 6) is -0.756. The molecule has 3 nitrogen and oxygen atoms in total. The summed E-state index contributed by atoms with van der Waals surface area (Å²) in [6.45, 7) is 4.66. The molecule has 0 aliphatic carbocycles. The summed E-state index contributed by atoms with van der Waals surface area (Å²) < 4.78 is 27.9. The van der Waals surface area contributed by atoms with Crippen LogP contribution in [0.15, 0.2) is 23.2 Å². The van der Waals surface area contributed by atoms with Crippen molar-refractivity contribution < 1.29 is 8.78 Å². The van der Waals surface area contributed by atoms with Crippen molar-refractivity contribution >= 4 is 5.96 Å². The van der Waals surface area contributed by atoms with E-state index in [1.165, 1.54) is 18.2 Å². The predicted molar refractivity (Wildman–Crippen MR) is 67.2 cm³/mol. The van der Waals surface area contributed by atoms with Crippen molar-refractivity contribution in [2.75, 3.05) is 13.1 Å². The molecule has 1 aromatic carbocycles. The zero-order valence-corrected chi connectivity index (χ0v) is 10.6. The van der Waals surface area contributed by atoms with Gasteiger partial charge in [0, 0.05) is 6.54 Å². The molecule has 0 aromatic heterocycles. The lowest BCUT2D eigenvalue weighted by Crippen LogP contribution is -2.48. The van der Waals surface area contributed by atoms with Crippen molar-refractivity contribution in [3.05, 3.63) is 35.4 Å². The first-order valence-corrected chi connectivity index (χ1v) is 6.02. The average molecular weight is 253 g/mol. The van der Waals surface area contributed by atoms with E-state index in [-0.39, 0.29) is 12.1 Å². The minimum atomic E-state index is -0.838. The fourth-order valence-electron chi connectivity index (χ4n) is 2.47. The molecule has 98 valence electrons. The lowest BCUT2D eigenvalue weighted by Gasteiger charge is -2.36. The second-order valence-corrected chi connectivity index (χ2v) is 4.70. The Bertz CT molecular complexity index is 467. The van der Waals surface area contributed by atoms with Gasteiger partial charge in [0.1, 0.15) is 11.6 Å². The molecule has 2 rings (SSSR count). The number of hydrogen-bond donors (Lipinski definition) is 1. The first-order chi connectivity index (χ1) is 8.50. The van der Waals surface area contributed by atoms with Gasteiger partial charge in [0.15, 0.2) is 5.96 Å². The number of guanidine groups is 1. The molecule has 0 radical (unpaired) electrons. The molecule has 1 aromatic rings.